The summed E-state index contributed by atoms with van der Waals surface area (Å²) in [7, 11) is 0. The van der Waals surface area contributed by atoms with Crippen molar-refractivity contribution in [1.82, 2.24) is 0 Å². The molecule has 0 atom stereocenters. The van der Waals surface area contributed by atoms with Gasteiger partial charge in [0, 0.05) is 0 Å². The van der Waals surface area contributed by atoms with E-state index in [0.29, 0.717) is 0 Å². The Labute approximate surface area is 390 Å². The summed E-state index contributed by atoms with van der Waals surface area (Å²) in [5.74, 6) is 1.77. The molecular formula is C56H62Cl2SiZr-4. The molecule has 0 spiro atoms. The van der Waals surface area contributed by atoms with Gasteiger partial charge in [-0.3, -0.25) is 0 Å². The first-order valence-electron chi connectivity index (χ1n) is 21.2. The molecule has 4 heteroatoms. The third-order valence-electron chi connectivity index (χ3n) is 12.7. The molecule has 0 nitrogen and oxygen atoms in total. The van der Waals surface area contributed by atoms with Gasteiger partial charge in [0.2, 0.25) is 0 Å². The summed E-state index contributed by atoms with van der Waals surface area (Å²) in [4.78, 5) is 0. The number of aryl methyl sites for hydroxylation is 2. The molecule has 2 radical (unpaired) electrons. The Hall–Kier alpha value is -3.26. The zero-order valence-electron chi connectivity index (χ0n) is 36.2. The normalized spacial score (nSPS) is 14.1. The van der Waals surface area contributed by atoms with E-state index in [2.05, 4.69) is 154 Å². The summed E-state index contributed by atoms with van der Waals surface area (Å²) in [5.41, 5.74) is 11.2. The minimum atomic E-state index is 0. The van der Waals surface area contributed by atoms with Crippen molar-refractivity contribution >= 4 is 74.8 Å². The van der Waals surface area contributed by atoms with E-state index in [1.165, 1.54) is 188 Å². The van der Waals surface area contributed by atoms with Gasteiger partial charge in [-0.15, -0.1) is 81.8 Å². The number of benzene rings is 6. The van der Waals surface area contributed by atoms with Gasteiger partial charge in [-0.25, -0.2) is 0 Å². The topological polar surface area (TPSA) is 0 Å². The van der Waals surface area contributed by atoms with Gasteiger partial charge in [0.05, 0.1) is 0 Å². The average molecular weight is 925 g/mol. The molecule has 8 aromatic rings. The van der Waals surface area contributed by atoms with Crippen LogP contribution in [0.4, 0.5) is 0 Å². The van der Waals surface area contributed by atoms with E-state index < -0.39 is 0 Å². The molecule has 312 valence electrons. The van der Waals surface area contributed by atoms with E-state index in [4.69, 9.17) is 0 Å². The van der Waals surface area contributed by atoms with Crippen molar-refractivity contribution in [2.75, 3.05) is 0 Å². The number of rotatable bonds is 6. The number of hydrogen-bond donors (Lipinski definition) is 0. The van der Waals surface area contributed by atoms with Gasteiger partial charge in [0.15, 0.2) is 0 Å². The van der Waals surface area contributed by atoms with E-state index >= 15 is 0 Å². The predicted molar refractivity (Wildman–Crippen MR) is 268 cm³/mol. The third kappa shape index (κ3) is 11.2. The molecular weight excluding hydrogens is 863 g/mol. The van der Waals surface area contributed by atoms with Crippen LogP contribution in [0.3, 0.4) is 0 Å². The fraction of sp³-hybridized carbons (Fsp3) is 0.286. The number of hydrogen-bond acceptors (Lipinski definition) is 0. The zero-order valence-corrected chi connectivity index (χ0v) is 41.2. The minimum absolute atomic E-state index is 0. The monoisotopic (exact) mass is 922 g/mol. The van der Waals surface area contributed by atoms with Crippen LogP contribution in [0.2, 0.25) is 0 Å². The van der Waals surface area contributed by atoms with Crippen LogP contribution in [0.5, 0.6) is 0 Å². The summed E-state index contributed by atoms with van der Waals surface area (Å²) in [6.07, 6.45) is 16.7. The molecule has 0 N–H and O–H groups in total. The summed E-state index contributed by atoms with van der Waals surface area (Å²) in [6, 6.07) is 50.2. The fourth-order valence-electron chi connectivity index (χ4n) is 10.1. The first-order chi connectivity index (χ1) is 27.6. The third-order valence-corrected chi connectivity index (χ3v) is 12.7. The van der Waals surface area contributed by atoms with Crippen molar-refractivity contribution in [3.8, 4) is 22.3 Å². The fourth-order valence-corrected chi connectivity index (χ4v) is 10.1. The first kappa shape index (κ1) is 49.4. The van der Waals surface area contributed by atoms with E-state index in [9.17, 15) is 0 Å². The molecule has 10 rings (SSSR count). The Bertz CT molecular complexity index is 2390. The molecule has 60 heavy (non-hydrogen) atoms. The maximum atomic E-state index is 3.06. The van der Waals surface area contributed by atoms with Crippen molar-refractivity contribution in [1.29, 1.82) is 0 Å². The Morgan fingerprint density at radius 1 is 0.450 bits per heavy atom. The molecule has 2 saturated carbocycles. The van der Waals surface area contributed by atoms with E-state index in [1.54, 1.807) is 0 Å². The Kier molecular flexibility index (Phi) is 19.1. The Balaban J connectivity index is 0.000000239. The van der Waals surface area contributed by atoms with E-state index in [0.717, 1.165) is 11.8 Å². The van der Waals surface area contributed by atoms with E-state index in [1.807, 2.05) is 0 Å². The number of halogens is 2. The second-order valence-electron chi connectivity index (χ2n) is 16.8. The molecule has 2 fully saturated rings. The number of fused-ring (bicyclic) bond motifs is 4. The summed E-state index contributed by atoms with van der Waals surface area (Å²) in [5, 5.41) is 11.0. The van der Waals surface area contributed by atoms with Gasteiger partial charge >= 0.3 is 30.2 Å². The van der Waals surface area contributed by atoms with Crippen molar-refractivity contribution in [2.24, 2.45) is 11.8 Å². The first-order valence-corrected chi connectivity index (χ1v) is 25.4. The molecule has 0 bridgehead atoms. The van der Waals surface area contributed by atoms with Crippen LogP contribution in [0.25, 0.3) is 65.3 Å². The molecule has 0 aromatic heterocycles. The molecule has 0 aliphatic heterocycles. The second kappa shape index (κ2) is 23.3. The molecule has 8 aromatic carbocycles. The quantitative estimate of drug-likeness (QED) is 0.115. The van der Waals surface area contributed by atoms with Gasteiger partial charge in [-0.2, -0.15) is 12.1 Å². The molecule has 2 aliphatic rings. The molecule has 0 saturated heterocycles. The van der Waals surface area contributed by atoms with Crippen LogP contribution < -0.4 is 0 Å². The van der Waals surface area contributed by atoms with Gasteiger partial charge in [0.1, 0.15) is 0 Å². The maximum absolute atomic E-state index is 3.06. The average Bonchev–Trinajstić information content (AvgIpc) is 3.84. The summed E-state index contributed by atoms with van der Waals surface area (Å²) >= 11 is 1.36. The SMILES string of the molecule is Cc1cc(-c2cccc3ccccc23)c2cc(CC3CCCCC3)[cH-]c2c1.Cc1cc(-c2cccc3ccccc23)c2cc(CC3CCCCC3)[cH-]c2c1.Cl.Cl.[CH3-].[CH3-].[Si]=[Zr]. The van der Waals surface area contributed by atoms with E-state index in [-0.39, 0.29) is 39.7 Å². The molecule has 0 amide bonds. The summed E-state index contributed by atoms with van der Waals surface area (Å²) in [6.45, 7) is 7.51. The van der Waals surface area contributed by atoms with Crippen LogP contribution in [-0.4, -0.2) is 6.88 Å². The Morgan fingerprint density at radius 3 is 1.22 bits per heavy atom. The van der Waals surface area contributed by atoms with Crippen molar-refractivity contribution in [3.63, 3.8) is 0 Å². The van der Waals surface area contributed by atoms with Gasteiger partial charge in [-0.05, 0) is 71.2 Å². The Morgan fingerprint density at radius 2 is 0.817 bits per heavy atom. The van der Waals surface area contributed by atoms with Crippen molar-refractivity contribution in [3.05, 3.63) is 171 Å². The van der Waals surface area contributed by atoms with Gasteiger partial charge in [-0.1, -0.05) is 184 Å². The van der Waals surface area contributed by atoms with Crippen LogP contribution in [-0.2, 0) is 36.2 Å². The standard InChI is InChI=1S/2C27H27.2CH3.2ClH.Si.Zr/c2*1-19-14-23-17-21(16-20-8-3-2-4-9-20)18-26(23)27(15-19)25-13-7-11-22-10-5-6-12-24(22)25;;;;;;/h2*5-7,10-15,17-18,20H,2-4,8-9,16H2,1H3;2*1H3;2*1H;;/q4*-1;;;;. The van der Waals surface area contributed by atoms with Crippen LogP contribution in [0.1, 0.15) is 86.5 Å². The summed E-state index contributed by atoms with van der Waals surface area (Å²) < 4.78 is 0. The molecule has 0 unspecified atom stereocenters. The van der Waals surface area contributed by atoms with Gasteiger partial charge < -0.3 is 14.9 Å². The predicted octanol–water partition coefficient (Wildman–Crippen LogP) is 17.0. The van der Waals surface area contributed by atoms with Crippen LogP contribution in [0.15, 0.2) is 133 Å². The van der Waals surface area contributed by atoms with Crippen molar-refractivity contribution < 1.29 is 23.3 Å². The van der Waals surface area contributed by atoms with Crippen LogP contribution >= 0.6 is 24.8 Å². The zero-order chi connectivity index (χ0) is 38.4. The van der Waals surface area contributed by atoms with Gasteiger partial charge in [0.25, 0.3) is 0 Å². The molecule has 2 aliphatic carbocycles. The van der Waals surface area contributed by atoms with Crippen molar-refractivity contribution in [2.45, 2.75) is 90.9 Å². The second-order valence-corrected chi connectivity index (χ2v) is 16.8. The van der Waals surface area contributed by atoms with Crippen LogP contribution in [0, 0.1) is 40.5 Å². The molecule has 0 heterocycles.